The SMILES string of the molecule is CC(O)C(NC(=O)CNC(=O)C(CC(=O)O)NC(=O)C(N)CO)C(=O)O. The Morgan fingerprint density at radius 2 is 1.62 bits per heavy atom. The first-order valence-electron chi connectivity index (χ1n) is 7.36. The molecule has 0 aliphatic heterocycles. The van der Waals surface area contributed by atoms with Gasteiger partial charge in [-0.25, -0.2) is 4.79 Å². The molecule has 13 nitrogen and oxygen atoms in total. The van der Waals surface area contributed by atoms with Gasteiger partial charge in [0.1, 0.15) is 12.1 Å². The van der Waals surface area contributed by atoms with Crippen LogP contribution in [0.5, 0.6) is 0 Å². The van der Waals surface area contributed by atoms with Gasteiger partial charge in [0.15, 0.2) is 6.04 Å². The van der Waals surface area contributed by atoms with E-state index in [2.05, 4.69) is 0 Å². The van der Waals surface area contributed by atoms with Gasteiger partial charge < -0.3 is 42.1 Å². The van der Waals surface area contributed by atoms with Crippen LogP contribution in [0.15, 0.2) is 0 Å². The summed E-state index contributed by atoms with van der Waals surface area (Å²) in [5.41, 5.74) is 5.24. The van der Waals surface area contributed by atoms with Crippen molar-refractivity contribution in [3.8, 4) is 0 Å². The third-order valence-corrected chi connectivity index (χ3v) is 3.03. The van der Waals surface area contributed by atoms with Crippen molar-refractivity contribution < 1.29 is 44.4 Å². The van der Waals surface area contributed by atoms with Crippen molar-refractivity contribution in [1.29, 1.82) is 0 Å². The first kappa shape index (κ1) is 23.2. The molecule has 0 fully saturated rings. The Balaban J connectivity index is 4.78. The Hall–Kier alpha value is -2.77. The van der Waals surface area contributed by atoms with Gasteiger partial charge in [-0.05, 0) is 6.92 Å². The normalized spacial score (nSPS) is 15.1. The number of hydrogen-bond donors (Lipinski definition) is 8. The summed E-state index contributed by atoms with van der Waals surface area (Å²) in [7, 11) is 0. The van der Waals surface area contributed by atoms with Crippen LogP contribution in [0.25, 0.3) is 0 Å². The van der Waals surface area contributed by atoms with Gasteiger partial charge in [0.05, 0.1) is 25.7 Å². The topological polar surface area (TPSA) is 228 Å². The summed E-state index contributed by atoms with van der Waals surface area (Å²) >= 11 is 0. The maximum atomic E-state index is 11.9. The Labute approximate surface area is 147 Å². The van der Waals surface area contributed by atoms with E-state index in [1.807, 2.05) is 16.0 Å². The maximum absolute atomic E-state index is 11.9. The number of carbonyl (C=O) groups is 5. The highest BCUT2D eigenvalue weighted by Gasteiger charge is 2.28. The van der Waals surface area contributed by atoms with E-state index in [9.17, 15) is 29.1 Å². The number of hydrogen-bond acceptors (Lipinski definition) is 8. The number of nitrogens with one attached hydrogen (secondary N) is 3. The summed E-state index contributed by atoms with van der Waals surface area (Å²) in [5.74, 6) is -5.89. The van der Waals surface area contributed by atoms with Crippen molar-refractivity contribution in [2.45, 2.75) is 37.6 Å². The second-order valence-corrected chi connectivity index (χ2v) is 5.29. The number of aliphatic hydroxyl groups excluding tert-OH is 2. The van der Waals surface area contributed by atoms with Crippen molar-refractivity contribution in [2.24, 2.45) is 5.73 Å². The lowest BCUT2D eigenvalue weighted by molar-refractivity contribution is -0.145. The summed E-state index contributed by atoms with van der Waals surface area (Å²) in [4.78, 5) is 56.8. The number of carbonyl (C=O) groups excluding carboxylic acids is 3. The molecule has 0 spiro atoms. The highest BCUT2D eigenvalue weighted by atomic mass is 16.4. The van der Waals surface area contributed by atoms with Crippen molar-refractivity contribution >= 4 is 29.7 Å². The lowest BCUT2D eigenvalue weighted by Gasteiger charge is -2.20. The largest absolute Gasteiger partial charge is 0.481 e. The summed E-state index contributed by atoms with van der Waals surface area (Å²) in [6.07, 6.45) is -2.21. The van der Waals surface area contributed by atoms with Gasteiger partial charge in [0, 0.05) is 0 Å². The van der Waals surface area contributed by atoms with E-state index in [4.69, 9.17) is 21.1 Å². The van der Waals surface area contributed by atoms with E-state index < -0.39 is 73.5 Å². The van der Waals surface area contributed by atoms with Crippen LogP contribution in [0.3, 0.4) is 0 Å². The molecule has 0 rings (SSSR count). The average molecular weight is 378 g/mol. The Bertz CT molecular complexity index is 552. The molecule has 0 aromatic carbocycles. The summed E-state index contributed by atoms with van der Waals surface area (Å²) in [6, 6.07) is -4.54. The monoisotopic (exact) mass is 378 g/mol. The molecule has 0 saturated heterocycles. The molecule has 4 atom stereocenters. The molecule has 4 unspecified atom stereocenters. The predicted octanol–water partition coefficient (Wildman–Crippen LogP) is -4.67. The first-order valence-corrected chi connectivity index (χ1v) is 7.36. The zero-order valence-corrected chi connectivity index (χ0v) is 13.8. The van der Waals surface area contributed by atoms with Crippen LogP contribution in [-0.2, 0) is 24.0 Å². The number of rotatable bonds is 11. The Morgan fingerprint density at radius 1 is 1.04 bits per heavy atom. The molecule has 0 aromatic rings. The first-order chi connectivity index (χ1) is 12.0. The van der Waals surface area contributed by atoms with Crippen LogP contribution in [0.4, 0.5) is 0 Å². The molecule has 0 saturated carbocycles. The summed E-state index contributed by atoms with van der Waals surface area (Å²) in [6.45, 7) is -0.320. The Morgan fingerprint density at radius 3 is 2.04 bits per heavy atom. The van der Waals surface area contributed by atoms with Gasteiger partial charge >= 0.3 is 11.9 Å². The maximum Gasteiger partial charge on any atom is 0.328 e. The molecule has 0 aromatic heterocycles. The molecule has 0 heterocycles. The highest BCUT2D eigenvalue weighted by Crippen LogP contribution is 1.96. The van der Waals surface area contributed by atoms with Crippen molar-refractivity contribution in [3.63, 3.8) is 0 Å². The molecule has 0 aliphatic rings. The molecule has 26 heavy (non-hydrogen) atoms. The third-order valence-electron chi connectivity index (χ3n) is 3.03. The minimum atomic E-state index is -1.60. The highest BCUT2D eigenvalue weighted by molar-refractivity contribution is 5.94. The average Bonchev–Trinajstić information content (AvgIpc) is 2.54. The predicted molar refractivity (Wildman–Crippen MR) is 83.5 cm³/mol. The number of aliphatic hydroxyl groups is 2. The van der Waals surface area contributed by atoms with E-state index in [1.165, 1.54) is 0 Å². The molecule has 148 valence electrons. The zero-order valence-electron chi connectivity index (χ0n) is 13.8. The lowest BCUT2D eigenvalue weighted by atomic mass is 10.1. The number of carboxylic acids is 2. The van der Waals surface area contributed by atoms with E-state index >= 15 is 0 Å². The van der Waals surface area contributed by atoms with Gasteiger partial charge in [0.25, 0.3) is 0 Å². The minimum absolute atomic E-state index is 0.729. The van der Waals surface area contributed by atoms with Gasteiger partial charge in [-0.1, -0.05) is 0 Å². The van der Waals surface area contributed by atoms with E-state index in [0.717, 1.165) is 6.92 Å². The summed E-state index contributed by atoms with van der Waals surface area (Å²) < 4.78 is 0. The molecule has 0 bridgehead atoms. The zero-order chi connectivity index (χ0) is 20.4. The fourth-order valence-electron chi connectivity index (χ4n) is 1.65. The van der Waals surface area contributed by atoms with Crippen LogP contribution in [0.1, 0.15) is 13.3 Å². The molecular weight excluding hydrogens is 356 g/mol. The van der Waals surface area contributed by atoms with Crippen LogP contribution in [-0.4, -0.2) is 87.5 Å². The molecule has 13 heteroatoms. The summed E-state index contributed by atoms with van der Waals surface area (Å²) in [5, 5.41) is 41.6. The molecule has 0 radical (unpaired) electrons. The quantitative estimate of drug-likeness (QED) is 0.171. The van der Waals surface area contributed by atoms with Crippen molar-refractivity contribution in [3.05, 3.63) is 0 Å². The fourth-order valence-corrected chi connectivity index (χ4v) is 1.65. The van der Waals surface area contributed by atoms with Gasteiger partial charge in [-0.15, -0.1) is 0 Å². The Kier molecular flexibility index (Phi) is 9.80. The van der Waals surface area contributed by atoms with E-state index in [1.54, 1.807) is 0 Å². The number of carboxylic acid groups (broad SMARTS) is 2. The fraction of sp³-hybridized carbons (Fsp3) is 0.615. The molecule has 0 aliphatic carbocycles. The number of aliphatic carboxylic acids is 2. The lowest BCUT2D eigenvalue weighted by Crippen LogP contribution is -2.55. The van der Waals surface area contributed by atoms with Crippen molar-refractivity contribution in [1.82, 2.24) is 16.0 Å². The van der Waals surface area contributed by atoms with Gasteiger partial charge in [-0.2, -0.15) is 0 Å². The van der Waals surface area contributed by atoms with Crippen LogP contribution in [0.2, 0.25) is 0 Å². The van der Waals surface area contributed by atoms with E-state index in [-0.39, 0.29) is 0 Å². The van der Waals surface area contributed by atoms with Crippen molar-refractivity contribution in [2.75, 3.05) is 13.2 Å². The second-order valence-electron chi connectivity index (χ2n) is 5.29. The second kappa shape index (κ2) is 11.0. The molecular formula is C13H22N4O9. The molecule has 3 amide bonds. The minimum Gasteiger partial charge on any atom is -0.481 e. The van der Waals surface area contributed by atoms with Gasteiger partial charge in [-0.3, -0.25) is 19.2 Å². The number of amides is 3. The smallest absolute Gasteiger partial charge is 0.328 e. The van der Waals surface area contributed by atoms with Crippen LogP contribution < -0.4 is 21.7 Å². The standard InChI is InChI=1S/C13H22N4O9/c1-5(19)10(13(25)26)17-8(20)3-15-12(24)7(2-9(21)22)16-11(23)6(14)4-18/h5-7,10,18-19H,2-4,14H2,1H3,(H,15,24)(H,16,23)(H,17,20)(H,21,22)(H,25,26). The molecule has 9 N–H and O–H groups in total. The van der Waals surface area contributed by atoms with E-state index in [0.29, 0.717) is 0 Å². The third kappa shape index (κ3) is 8.36. The number of nitrogens with two attached hydrogens (primary N) is 1. The van der Waals surface area contributed by atoms with Gasteiger partial charge in [0.2, 0.25) is 17.7 Å². The van der Waals surface area contributed by atoms with Crippen LogP contribution >= 0.6 is 0 Å². The van der Waals surface area contributed by atoms with Crippen LogP contribution in [0, 0.1) is 0 Å².